The second-order valence-electron chi connectivity index (χ2n) is 7.51. The molecule has 0 aromatic carbocycles. The summed E-state index contributed by atoms with van der Waals surface area (Å²) < 4.78 is 0. The van der Waals surface area contributed by atoms with E-state index in [2.05, 4.69) is 58.1 Å². The van der Waals surface area contributed by atoms with Gasteiger partial charge in [-0.15, -0.1) is 0 Å². The third-order valence-corrected chi connectivity index (χ3v) is 5.62. The summed E-state index contributed by atoms with van der Waals surface area (Å²) in [7, 11) is 1.65. The fourth-order valence-corrected chi connectivity index (χ4v) is 3.93. The molecule has 6 nitrogen and oxygen atoms in total. The molecule has 1 saturated heterocycles. The lowest BCUT2D eigenvalue weighted by Gasteiger charge is -2.38. The van der Waals surface area contributed by atoms with Gasteiger partial charge in [-0.25, -0.2) is 4.98 Å². The molecule has 0 unspecified atom stereocenters. The van der Waals surface area contributed by atoms with Crippen LogP contribution >= 0.6 is 0 Å². The van der Waals surface area contributed by atoms with Gasteiger partial charge in [0, 0.05) is 50.0 Å². The Balaban J connectivity index is 1.73. The van der Waals surface area contributed by atoms with Crippen molar-refractivity contribution in [3.05, 3.63) is 60.5 Å². The number of pyridine rings is 1. The van der Waals surface area contributed by atoms with Crippen LogP contribution in [0.1, 0.15) is 37.0 Å². The first-order valence-corrected chi connectivity index (χ1v) is 10.2. The van der Waals surface area contributed by atoms with E-state index >= 15 is 0 Å². The SMILES string of the molecule is C=C/C=C\C(=C/C)CN1CC[C@@H](Nc2c(C(=O)NC)cnc3[nH]ccc23)C[C@@H]1C. The van der Waals surface area contributed by atoms with Crippen LogP contribution in [0.2, 0.25) is 0 Å². The number of likely N-dealkylation sites (tertiary alicyclic amines) is 1. The molecule has 2 aromatic rings. The van der Waals surface area contributed by atoms with Gasteiger partial charge >= 0.3 is 0 Å². The predicted molar refractivity (Wildman–Crippen MR) is 120 cm³/mol. The zero-order chi connectivity index (χ0) is 20.8. The maximum Gasteiger partial charge on any atom is 0.254 e. The summed E-state index contributed by atoms with van der Waals surface area (Å²) in [6.45, 7) is 10.1. The fourth-order valence-electron chi connectivity index (χ4n) is 3.93. The molecular formula is C23H31N5O. The Bertz CT molecular complexity index is 926. The average Bonchev–Trinajstić information content (AvgIpc) is 3.21. The van der Waals surface area contributed by atoms with Crippen molar-refractivity contribution in [1.82, 2.24) is 20.2 Å². The van der Waals surface area contributed by atoms with Crippen molar-refractivity contribution in [3.63, 3.8) is 0 Å². The summed E-state index contributed by atoms with van der Waals surface area (Å²) >= 11 is 0. The number of nitrogens with one attached hydrogen (secondary N) is 3. The monoisotopic (exact) mass is 393 g/mol. The zero-order valence-electron chi connectivity index (χ0n) is 17.5. The number of carbonyl (C=O) groups is 1. The smallest absolute Gasteiger partial charge is 0.254 e. The number of hydrogen-bond donors (Lipinski definition) is 3. The number of aromatic amines is 1. The van der Waals surface area contributed by atoms with Gasteiger partial charge in [-0.3, -0.25) is 9.69 Å². The van der Waals surface area contributed by atoms with E-state index in [9.17, 15) is 4.79 Å². The van der Waals surface area contributed by atoms with Crippen LogP contribution in [0.15, 0.2) is 54.9 Å². The molecule has 3 rings (SSSR count). The Kier molecular flexibility index (Phi) is 6.88. The number of rotatable bonds is 7. The van der Waals surface area contributed by atoms with E-state index in [1.54, 1.807) is 13.2 Å². The first-order valence-electron chi connectivity index (χ1n) is 10.2. The summed E-state index contributed by atoms with van der Waals surface area (Å²) in [6.07, 6.45) is 13.6. The largest absolute Gasteiger partial charge is 0.381 e. The highest BCUT2D eigenvalue weighted by Gasteiger charge is 2.27. The first-order chi connectivity index (χ1) is 14.1. The second-order valence-corrected chi connectivity index (χ2v) is 7.51. The van der Waals surface area contributed by atoms with E-state index in [1.165, 1.54) is 5.57 Å². The number of amides is 1. The number of fused-ring (bicyclic) bond motifs is 1. The van der Waals surface area contributed by atoms with Crippen LogP contribution in [-0.2, 0) is 0 Å². The van der Waals surface area contributed by atoms with Gasteiger partial charge in [0.25, 0.3) is 5.91 Å². The molecule has 6 heteroatoms. The number of anilines is 1. The van der Waals surface area contributed by atoms with Gasteiger partial charge in [0.2, 0.25) is 0 Å². The van der Waals surface area contributed by atoms with Crippen LogP contribution in [-0.4, -0.2) is 53.0 Å². The lowest BCUT2D eigenvalue weighted by molar-refractivity contribution is 0.0963. The van der Waals surface area contributed by atoms with Gasteiger partial charge in [0.05, 0.1) is 11.3 Å². The Morgan fingerprint density at radius 3 is 3.00 bits per heavy atom. The number of nitrogens with zero attached hydrogens (tertiary/aromatic N) is 2. The summed E-state index contributed by atoms with van der Waals surface area (Å²) in [4.78, 5) is 22.4. The Morgan fingerprint density at radius 2 is 2.31 bits per heavy atom. The molecule has 0 radical (unpaired) electrons. The molecule has 1 amide bonds. The van der Waals surface area contributed by atoms with Gasteiger partial charge in [-0.05, 0) is 38.3 Å². The van der Waals surface area contributed by atoms with E-state index in [0.29, 0.717) is 17.6 Å². The highest BCUT2D eigenvalue weighted by atomic mass is 16.1. The van der Waals surface area contributed by atoms with Crippen molar-refractivity contribution in [2.24, 2.45) is 0 Å². The Labute approximate surface area is 172 Å². The summed E-state index contributed by atoms with van der Waals surface area (Å²) in [5.41, 5.74) is 3.54. The van der Waals surface area contributed by atoms with Crippen molar-refractivity contribution in [2.45, 2.75) is 38.8 Å². The number of carbonyl (C=O) groups excluding carboxylic acids is 1. The number of piperidine rings is 1. The van der Waals surface area contributed by atoms with Gasteiger partial charge in [-0.1, -0.05) is 30.9 Å². The standard InChI is InChI=1S/C23H31N5O/c1-5-7-8-17(6-2)15-28-12-10-18(13-16(28)3)27-21-19-9-11-25-22(19)26-14-20(21)23(29)24-4/h5-9,11,14,16,18H,1,10,12-13,15H2,2-4H3,(H,24,29)(H2,25,26,27)/b8-7-,17-6+/t16-,18+/m0/s1. The summed E-state index contributed by atoms with van der Waals surface area (Å²) in [5.74, 6) is -0.125. The lowest BCUT2D eigenvalue weighted by Crippen LogP contribution is -2.45. The average molecular weight is 394 g/mol. The van der Waals surface area contributed by atoms with E-state index < -0.39 is 0 Å². The Hall–Kier alpha value is -2.86. The summed E-state index contributed by atoms with van der Waals surface area (Å²) in [6, 6.07) is 2.73. The quantitative estimate of drug-likeness (QED) is 0.624. The van der Waals surface area contributed by atoms with E-state index in [4.69, 9.17) is 0 Å². The highest BCUT2D eigenvalue weighted by Crippen LogP contribution is 2.29. The maximum absolute atomic E-state index is 12.4. The van der Waals surface area contributed by atoms with Crippen molar-refractivity contribution in [3.8, 4) is 0 Å². The van der Waals surface area contributed by atoms with Crippen LogP contribution in [0.3, 0.4) is 0 Å². The van der Waals surface area contributed by atoms with Crippen LogP contribution in [0.25, 0.3) is 11.0 Å². The van der Waals surface area contributed by atoms with Gasteiger partial charge in [0.15, 0.2) is 0 Å². The van der Waals surface area contributed by atoms with Crippen molar-refractivity contribution >= 4 is 22.6 Å². The molecule has 1 aliphatic rings. The van der Waals surface area contributed by atoms with Crippen LogP contribution < -0.4 is 10.6 Å². The topological polar surface area (TPSA) is 73.1 Å². The number of hydrogen-bond acceptors (Lipinski definition) is 4. The molecule has 3 N–H and O–H groups in total. The molecule has 0 spiro atoms. The Morgan fingerprint density at radius 1 is 1.48 bits per heavy atom. The zero-order valence-corrected chi connectivity index (χ0v) is 17.5. The molecule has 0 bridgehead atoms. The van der Waals surface area contributed by atoms with Crippen LogP contribution in [0.4, 0.5) is 5.69 Å². The lowest BCUT2D eigenvalue weighted by atomic mass is 9.96. The van der Waals surface area contributed by atoms with Gasteiger partial charge in [-0.2, -0.15) is 0 Å². The second kappa shape index (κ2) is 9.56. The third kappa shape index (κ3) is 4.77. The predicted octanol–water partition coefficient (Wildman–Crippen LogP) is 3.88. The van der Waals surface area contributed by atoms with Crippen molar-refractivity contribution in [2.75, 3.05) is 25.5 Å². The van der Waals surface area contributed by atoms with E-state index in [0.717, 1.165) is 42.7 Å². The first kappa shape index (κ1) is 20.9. The number of allylic oxidation sites excluding steroid dienone is 3. The molecule has 0 aliphatic carbocycles. The van der Waals surface area contributed by atoms with Crippen LogP contribution in [0.5, 0.6) is 0 Å². The molecule has 0 saturated carbocycles. The molecule has 1 fully saturated rings. The molecule has 1 aliphatic heterocycles. The number of aromatic nitrogens is 2. The van der Waals surface area contributed by atoms with Gasteiger partial charge in [0.1, 0.15) is 5.65 Å². The molecule has 2 atom stereocenters. The third-order valence-electron chi connectivity index (χ3n) is 5.62. The maximum atomic E-state index is 12.4. The highest BCUT2D eigenvalue weighted by molar-refractivity contribution is 6.06. The normalized spacial score (nSPS) is 20.9. The fraction of sp³-hybridized carbons (Fsp3) is 0.391. The summed E-state index contributed by atoms with van der Waals surface area (Å²) in [5, 5.41) is 7.33. The van der Waals surface area contributed by atoms with Crippen molar-refractivity contribution in [1.29, 1.82) is 0 Å². The van der Waals surface area contributed by atoms with Crippen molar-refractivity contribution < 1.29 is 4.79 Å². The van der Waals surface area contributed by atoms with E-state index in [-0.39, 0.29) is 5.91 Å². The molecule has 2 aromatic heterocycles. The molecular weight excluding hydrogens is 362 g/mol. The van der Waals surface area contributed by atoms with Gasteiger partial charge < -0.3 is 15.6 Å². The van der Waals surface area contributed by atoms with E-state index in [1.807, 2.05) is 24.4 Å². The number of H-pyrrole nitrogens is 1. The minimum atomic E-state index is -0.125. The van der Waals surface area contributed by atoms with Crippen LogP contribution in [0, 0.1) is 0 Å². The minimum Gasteiger partial charge on any atom is -0.381 e. The molecule has 29 heavy (non-hydrogen) atoms. The minimum absolute atomic E-state index is 0.125. The molecule has 3 heterocycles. The molecule has 154 valence electrons.